The van der Waals surface area contributed by atoms with E-state index in [2.05, 4.69) is 4.74 Å². The Hall–Kier alpha value is -0.810. The molecule has 9 heteroatoms. The summed E-state index contributed by atoms with van der Waals surface area (Å²) in [5.41, 5.74) is 5.63. The zero-order chi connectivity index (χ0) is 15.3. The SMILES string of the molecule is CC(=O)OCC(O)COC1O[C@H](CO)[C@@H](O)[C@H](O)[C@H]1N. The summed E-state index contributed by atoms with van der Waals surface area (Å²) in [6, 6.07) is -1.03. The minimum atomic E-state index is -1.32. The molecule has 9 nitrogen and oxygen atoms in total. The Labute approximate surface area is 115 Å². The summed E-state index contributed by atoms with van der Waals surface area (Å²) in [5, 5.41) is 37.8. The number of rotatable bonds is 6. The predicted octanol–water partition coefficient (Wildman–Crippen LogP) is -3.31. The molecule has 0 bridgehead atoms. The third-order valence-electron chi connectivity index (χ3n) is 2.86. The van der Waals surface area contributed by atoms with Gasteiger partial charge < -0.3 is 40.4 Å². The minimum Gasteiger partial charge on any atom is -0.463 e. The summed E-state index contributed by atoms with van der Waals surface area (Å²) in [6.07, 6.45) is -5.85. The molecule has 1 saturated heterocycles. The molecule has 20 heavy (non-hydrogen) atoms. The molecule has 0 saturated carbocycles. The van der Waals surface area contributed by atoms with Gasteiger partial charge in [0.15, 0.2) is 6.29 Å². The zero-order valence-electron chi connectivity index (χ0n) is 11.1. The summed E-state index contributed by atoms with van der Waals surface area (Å²) < 4.78 is 14.9. The van der Waals surface area contributed by atoms with Gasteiger partial charge in [0.1, 0.15) is 31.0 Å². The first-order valence-electron chi connectivity index (χ1n) is 6.17. The lowest BCUT2D eigenvalue weighted by molar-refractivity contribution is -0.270. The van der Waals surface area contributed by atoms with E-state index in [9.17, 15) is 20.1 Å². The van der Waals surface area contributed by atoms with Crippen molar-refractivity contribution >= 4 is 5.97 Å². The van der Waals surface area contributed by atoms with E-state index >= 15 is 0 Å². The van der Waals surface area contributed by atoms with Crippen LogP contribution < -0.4 is 5.73 Å². The van der Waals surface area contributed by atoms with Crippen molar-refractivity contribution < 1.29 is 39.4 Å². The Balaban J connectivity index is 2.43. The Kier molecular flexibility index (Phi) is 6.76. The number of esters is 1. The van der Waals surface area contributed by atoms with Gasteiger partial charge in [0.2, 0.25) is 0 Å². The Bertz CT molecular complexity index is 313. The molecule has 1 fully saturated rings. The molecule has 0 aliphatic carbocycles. The third-order valence-corrected chi connectivity index (χ3v) is 2.86. The highest BCUT2D eigenvalue weighted by atomic mass is 16.7. The van der Waals surface area contributed by atoms with Crippen LogP contribution in [0.15, 0.2) is 0 Å². The van der Waals surface area contributed by atoms with Crippen molar-refractivity contribution in [3.8, 4) is 0 Å². The van der Waals surface area contributed by atoms with Gasteiger partial charge in [0.05, 0.1) is 19.3 Å². The molecule has 1 aliphatic heterocycles. The molecular weight excluding hydrogens is 274 g/mol. The molecular formula is C11H21NO8. The van der Waals surface area contributed by atoms with Crippen molar-refractivity contribution in [1.82, 2.24) is 0 Å². The highest BCUT2D eigenvalue weighted by Gasteiger charge is 2.43. The minimum absolute atomic E-state index is 0.243. The lowest BCUT2D eigenvalue weighted by Gasteiger charge is -2.40. The summed E-state index contributed by atoms with van der Waals surface area (Å²) in [5.74, 6) is -0.534. The molecule has 0 radical (unpaired) electrons. The van der Waals surface area contributed by atoms with Crippen LogP contribution in [0.3, 0.4) is 0 Å². The standard InChI is InChI=1S/C11H21NO8/c1-5(14)18-3-6(15)4-19-11-8(12)10(17)9(16)7(2-13)20-11/h6-11,13,15-17H,2-4,12H2,1H3/t6?,7-,8-,9-,10-,11?/m1/s1. The molecule has 118 valence electrons. The monoisotopic (exact) mass is 295 g/mol. The fourth-order valence-electron chi connectivity index (χ4n) is 1.72. The van der Waals surface area contributed by atoms with E-state index in [-0.39, 0.29) is 13.2 Å². The first-order chi connectivity index (χ1) is 9.36. The molecule has 0 spiro atoms. The van der Waals surface area contributed by atoms with Gasteiger partial charge in [0.25, 0.3) is 0 Å². The van der Waals surface area contributed by atoms with Crippen LogP contribution in [0, 0.1) is 0 Å². The fourth-order valence-corrected chi connectivity index (χ4v) is 1.72. The number of nitrogens with two attached hydrogens (primary N) is 1. The second-order valence-electron chi connectivity index (χ2n) is 4.57. The van der Waals surface area contributed by atoms with Crippen molar-refractivity contribution in [1.29, 1.82) is 0 Å². The van der Waals surface area contributed by atoms with Crippen LogP contribution in [0.25, 0.3) is 0 Å². The third kappa shape index (κ3) is 4.63. The number of hydrogen-bond acceptors (Lipinski definition) is 9. The van der Waals surface area contributed by atoms with Crippen molar-refractivity contribution in [2.75, 3.05) is 19.8 Å². The van der Waals surface area contributed by atoms with Crippen LogP contribution in [0.5, 0.6) is 0 Å². The first kappa shape index (κ1) is 17.2. The molecule has 1 rings (SSSR count). The van der Waals surface area contributed by atoms with E-state index in [1.54, 1.807) is 0 Å². The second-order valence-corrected chi connectivity index (χ2v) is 4.57. The molecule has 2 unspecified atom stereocenters. The lowest BCUT2D eigenvalue weighted by atomic mass is 9.98. The first-order valence-corrected chi connectivity index (χ1v) is 6.17. The highest BCUT2D eigenvalue weighted by molar-refractivity contribution is 5.65. The molecule has 0 aromatic heterocycles. The number of aliphatic hydroxyl groups excluding tert-OH is 4. The van der Waals surface area contributed by atoms with Gasteiger partial charge in [-0.15, -0.1) is 0 Å². The smallest absolute Gasteiger partial charge is 0.302 e. The van der Waals surface area contributed by atoms with Gasteiger partial charge >= 0.3 is 5.97 Å². The summed E-state index contributed by atoms with van der Waals surface area (Å²) in [7, 11) is 0. The molecule has 1 heterocycles. The average molecular weight is 295 g/mol. The van der Waals surface area contributed by atoms with Gasteiger partial charge in [0, 0.05) is 6.92 Å². The Morgan fingerprint density at radius 3 is 2.55 bits per heavy atom. The normalized spacial score (nSPS) is 35.6. The van der Waals surface area contributed by atoms with E-state index in [1.165, 1.54) is 6.92 Å². The maximum Gasteiger partial charge on any atom is 0.302 e. The number of aliphatic hydroxyl groups is 4. The zero-order valence-corrected chi connectivity index (χ0v) is 11.1. The average Bonchev–Trinajstić information content (AvgIpc) is 2.42. The molecule has 0 aromatic rings. The quantitative estimate of drug-likeness (QED) is 0.317. The van der Waals surface area contributed by atoms with Crippen LogP contribution in [0.2, 0.25) is 0 Å². The summed E-state index contributed by atoms with van der Waals surface area (Å²) >= 11 is 0. The van der Waals surface area contributed by atoms with Crippen LogP contribution in [0.4, 0.5) is 0 Å². The van der Waals surface area contributed by atoms with Crippen LogP contribution in [-0.4, -0.2) is 83.0 Å². The van der Waals surface area contributed by atoms with Crippen molar-refractivity contribution in [2.24, 2.45) is 5.73 Å². The topological polar surface area (TPSA) is 152 Å². The maximum atomic E-state index is 10.6. The van der Waals surface area contributed by atoms with E-state index in [0.29, 0.717) is 0 Å². The highest BCUT2D eigenvalue weighted by Crippen LogP contribution is 2.20. The van der Waals surface area contributed by atoms with E-state index in [1.807, 2.05) is 0 Å². The molecule has 1 aliphatic rings. The molecule has 0 amide bonds. The van der Waals surface area contributed by atoms with Crippen LogP contribution >= 0.6 is 0 Å². The number of hydrogen-bond donors (Lipinski definition) is 5. The van der Waals surface area contributed by atoms with E-state index in [0.717, 1.165) is 0 Å². The van der Waals surface area contributed by atoms with Crippen molar-refractivity contribution in [3.05, 3.63) is 0 Å². The number of carbonyl (C=O) groups excluding carboxylic acids is 1. The summed E-state index contributed by atoms with van der Waals surface area (Å²) in [4.78, 5) is 10.6. The fraction of sp³-hybridized carbons (Fsp3) is 0.909. The van der Waals surface area contributed by atoms with Crippen LogP contribution in [-0.2, 0) is 19.0 Å². The Morgan fingerprint density at radius 1 is 1.35 bits per heavy atom. The largest absolute Gasteiger partial charge is 0.463 e. The van der Waals surface area contributed by atoms with Crippen LogP contribution in [0.1, 0.15) is 6.92 Å². The molecule has 6 N–H and O–H groups in total. The van der Waals surface area contributed by atoms with Gasteiger partial charge in [-0.1, -0.05) is 0 Å². The second kappa shape index (κ2) is 7.84. The van der Waals surface area contributed by atoms with Crippen molar-refractivity contribution in [3.63, 3.8) is 0 Å². The summed E-state index contributed by atoms with van der Waals surface area (Å²) in [6.45, 7) is 0.205. The van der Waals surface area contributed by atoms with E-state index < -0.39 is 49.3 Å². The maximum absolute atomic E-state index is 10.6. The number of carbonyl (C=O) groups is 1. The molecule has 0 aromatic carbocycles. The van der Waals surface area contributed by atoms with Gasteiger partial charge in [-0.2, -0.15) is 0 Å². The van der Waals surface area contributed by atoms with Gasteiger partial charge in [-0.25, -0.2) is 0 Å². The number of ether oxygens (including phenoxy) is 3. The lowest BCUT2D eigenvalue weighted by Crippen LogP contribution is -2.62. The van der Waals surface area contributed by atoms with Crippen molar-refractivity contribution in [2.45, 2.75) is 43.7 Å². The van der Waals surface area contributed by atoms with Gasteiger partial charge in [-0.05, 0) is 0 Å². The predicted molar refractivity (Wildman–Crippen MR) is 64.3 cm³/mol. The van der Waals surface area contributed by atoms with Gasteiger partial charge in [-0.3, -0.25) is 4.79 Å². The van der Waals surface area contributed by atoms with E-state index in [4.69, 9.17) is 20.3 Å². The molecule has 6 atom stereocenters. The Morgan fingerprint density at radius 2 is 2.00 bits per heavy atom.